The fraction of sp³-hybridized carbons (Fsp3) is 0.467. The first-order chi connectivity index (χ1) is 10.0. The number of carbonyl (C=O) groups excluding carboxylic acids is 1. The number of ether oxygens (including phenoxy) is 1. The van der Waals surface area contributed by atoms with Gasteiger partial charge in [0.1, 0.15) is 0 Å². The first-order valence-electron chi connectivity index (χ1n) is 6.85. The summed E-state index contributed by atoms with van der Waals surface area (Å²) >= 11 is 0. The Bertz CT molecular complexity index is 535. The fourth-order valence-electron chi connectivity index (χ4n) is 2.62. The second-order valence-electron chi connectivity index (χ2n) is 5.24. The van der Waals surface area contributed by atoms with Gasteiger partial charge >= 0.3 is 5.97 Å². The van der Waals surface area contributed by atoms with Crippen LogP contribution in [0.2, 0.25) is 0 Å². The number of rotatable bonds is 5. The molecule has 2 rings (SSSR count). The number of benzene rings is 1. The Hall–Kier alpha value is -2.08. The van der Waals surface area contributed by atoms with Crippen LogP contribution in [-0.2, 0) is 11.3 Å². The largest absolute Gasteiger partial charge is 0.504 e. The molecule has 114 valence electrons. The lowest BCUT2D eigenvalue weighted by Gasteiger charge is -2.30. The molecule has 0 spiro atoms. The number of hydrogen-bond donors (Lipinski definition) is 2. The minimum atomic E-state index is -0.732. The third-order valence-corrected chi connectivity index (χ3v) is 3.85. The van der Waals surface area contributed by atoms with Crippen LogP contribution in [0, 0.1) is 5.92 Å². The van der Waals surface area contributed by atoms with E-state index < -0.39 is 5.97 Å². The van der Waals surface area contributed by atoms with Gasteiger partial charge < -0.3 is 14.9 Å². The normalized spacial score (nSPS) is 16.6. The summed E-state index contributed by atoms with van der Waals surface area (Å²) in [5.41, 5.74) is 1.06. The molecule has 0 aromatic heterocycles. The quantitative estimate of drug-likeness (QED) is 0.800. The van der Waals surface area contributed by atoms with Gasteiger partial charge in [-0.15, -0.1) is 0 Å². The van der Waals surface area contributed by atoms with Gasteiger partial charge in [0, 0.05) is 6.54 Å². The summed E-state index contributed by atoms with van der Waals surface area (Å²) in [6.45, 7) is 2.01. The van der Waals surface area contributed by atoms with Gasteiger partial charge in [-0.3, -0.25) is 14.5 Å². The van der Waals surface area contributed by atoms with E-state index in [0.29, 0.717) is 38.8 Å². The van der Waals surface area contributed by atoms with Crippen molar-refractivity contribution in [2.45, 2.75) is 19.4 Å². The van der Waals surface area contributed by atoms with E-state index in [1.807, 2.05) is 0 Å². The summed E-state index contributed by atoms with van der Waals surface area (Å²) in [5, 5.41) is 18.8. The Morgan fingerprint density at radius 3 is 2.62 bits per heavy atom. The van der Waals surface area contributed by atoms with E-state index in [1.54, 1.807) is 12.1 Å². The van der Waals surface area contributed by atoms with Crippen LogP contribution in [0.15, 0.2) is 12.1 Å². The van der Waals surface area contributed by atoms with Crippen LogP contribution in [0.4, 0.5) is 0 Å². The molecule has 1 fully saturated rings. The molecular formula is C15H19NO5. The number of aldehydes is 1. The van der Waals surface area contributed by atoms with Gasteiger partial charge in [0.2, 0.25) is 0 Å². The maximum absolute atomic E-state index is 11.0. The summed E-state index contributed by atoms with van der Waals surface area (Å²) in [4.78, 5) is 24.0. The summed E-state index contributed by atoms with van der Waals surface area (Å²) in [5.74, 6) is -0.874. The third-order valence-electron chi connectivity index (χ3n) is 3.85. The van der Waals surface area contributed by atoms with Crippen LogP contribution >= 0.6 is 0 Å². The number of hydrogen-bond acceptors (Lipinski definition) is 5. The van der Waals surface area contributed by atoms with E-state index in [-0.39, 0.29) is 23.0 Å². The van der Waals surface area contributed by atoms with Crippen molar-refractivity contribution < 1.29 is 24.5 Å². The number of carboxylic acid groups (broad SMARTS) is 1. The molecule has 1 heterocycles. The molecule has 1 aliphatic rings. The molecule has 1 aromatic rings. The number of piperidine rings is 1. The zero-order chi connectivity index (χ0) is 15.4. The molecule has 21 heavy (non-hydrogen) atoms. The maximum atomic E-state index is 11.0. The predicted molar refractivity (Wildman–Crippen MR) is 75.7 cm³/mol. The van der Waals surface area contributed by atoms with Gasteiger partial charge in [-0.2, -0.15) is 0 Å². The monoisotopic (exact) mass is 293 g/mol. The van der Waals surface area contributed by atoms with Crippen molar-refractivity contribution in [3.63, 3.8) is 0 Å². The molecule has 6 nitrogen and oxygen atoms in total. The minimum absolute atomic E-state index is 0.152. The van der Waals surface area contributed by atoms with E-state index >= 15 is 0 Å². The highest BCUT2D eigenvalue weighted by molar-refractivity contribution is 5.81. The van der Waals surface area contributed by atoms with Crippen molar-refractivity contribution in [3.8, 4) is 11.5 Å². The molecule has 0 radical (unpaired) electrons. The topological polar surface area (TPSA) is 87.1 Å². The first kappa shape index (κ1) is 15.3. The Morgan fingerprint density at radius 1 is 1.43 bits per heavy atom. The number of phenolic OH excluding ortho intramolecular Hbond substituents is 1. The number of phenols is 1. The van der Waals surface area contributed by atoms with Crippen molar-refractivity contribution in [3.05, 3.63) is 23.3 Å². The van der Waals surface area contributed by atoms with Crippen LogP contribution < -0.4 is 4.74 Å². The SMILES string of the molecule is COc1cc(CN2CCC(C(=O)O)CC2)cc(C=O)c1O. The fourth-order valence-corrected chi connectivity index (χ4v) is 2.62. The highest BCUT2D eigenvalue weighted by Gasteiger charge is 2.24. The Balaban J connectivity index is 2.07. The van der Waals surface area contributed by atoms with Crippen molar-refractivity contribution >= 4 is 12.3 Å². The lowest BCUT2D eigenvalue weighted by molar-refractivity contribution is -0.143. The van der Waals surface area contributed by atoms with E-state index in [4.69, 9.17) is 9.84 Å². The molecule has 0 saturated carbocycles. The van der Waals surface area contributed by atoms with Gasteiger partial charge in [-0.1, -0.05) is 0 Å². The summed E-state index contributed by atoms with van der Waals surface area (Å²) < 4.78 is 5.06. The van der Waals surface area contributed by atoms with Crippen LogP contribution in [0.1, 0.15) is 28.8 Å². The molecule has 0 bridgehead atoms. The van der Waals surface area contributed by atoms with E-state index in [9.17, 15) is 14.7 Å². The van der Waals surface area contributed by atoms with Gasteiger partial charge in [-0.05, 0) is 43.6 Å². The zero-order valence-corrected chi connectivity index (χ0v) is 11.9. The summed E-state index contributed by atoms with van der Waals surface area (Å²) in [6, 6.07) is 3.33. The molecule has 6 heteroatoms. The average Bonchev–Trinajstić information content (AvgIpc) is 2.49. The van der Waals surface area contributed by atoms with Gasteiger partial charge in [0.15, 0.2) is 17.8 Å². The molecule has 0 amide bonds. The number of aliphatic carboxylic acids is 1. The van der Waals surface area contributed by atoms with E-state index in [1.165, 1.54) is 7.11 Å². The maximum Gasteiger partial charge on any atom is 0.306 e. The molecule has 1 aromatic carbocycles. The van der Waals surface area contributed by atoms with E-state index in [0.717, 1.165) is 5.56 Å². The number of aromatic hydroxyl groups is 1. The van der Waals surface area contributed by atoms with E-state index in [2.05, 4.69) is 4.90 Å². The highest BCUT2D eigenvalue weighted by Crippen LogP contribution is 2.31. The smallest absolute Gasteiger partial charge is 0.306 e. The summed E-state index contributed by atoms with van der Waals surface area (Å²) in [6.07, 6.45) is 1.86. The molecule has 0 atom stereocenters. The molecule has 1 saturated heterocycles. The van der Waals surface area contributed by atoms with Crippen molar-refractivity contribution in [1.82, 2.24) is 4.90 Å². The lowest BCUT2D eigenvalue weighted by atomic mass is 9.96. The van der Waals surface area contributed by atoms with Crippen molar-refractivity contribution in [1.29, 1.82) is 0 Å². The number of carbonyl (C=O) groups is 2. The molecule has 2 N–H and O–H groups in total. The Morgan fingerprint density at radius 2 is 2.10 bits per heavy atom. The zero-order valence-electron chi connectivity index (χ0n) is 11.9. The number of carboxylic acids is 1. The van der Waals surface area contributed by atoms with Crippen LogP contribution in [0.3, 0.4) is 0 Å². The average molecular weight is 293 g/mol. The third kappa shape index (κ3) is 3.52. The lowest BCUT2D eigenvalue weighted by Crippen LogP contribution is -2.35. The standard InChI is InChI=1S/C15H19NO5/c1-21-13-7-10(6-12(9-17)14(13)18)8-16-4-2-11(3-5-16)15(19)20/h6-7,9,11,18H,2-5,8H2,1H3,(H,19,20). The van der Waals surface area contributed by atoms with Crippen molar-refractivity contribution in [2.75, 3.05) is 20.2 Å². The Kier molecular flexibility index (Phi) is 4.80. The number of nitrogens with zero attached hydrogens (tertiary/aromatic N) is 1. The van der Waals surface area contributed by atoms with Gasteiger partial charge in [-0.25, -0.2) is 0 Å². The highest BCUT2D eigenvalue weighted by atomic mass is 16.5. The second-order valence-corrected chi connectivity index (χ2v) is 5.24. The predicted octanol–water partition coefficient (Wildman–Crippen LogP) is 1.51. The Labute approximate surface area is 122 Å². The van der Waals surface area contributed by atoms with Crippen LogP contribution in [0.25, 0.3) is 0 Å². The molecule has 0 unspecified atom stereocenters. The minimum Gasteiger partial charge on any atom is -0.504 e. The first-order valence-corrected chi connectivity index (χ1v) is 6.85. The number of methoxy groups -OCH3 is 1. The van der Waals surface area contributed by atoms with Crippen LogP contribution in [0.5, 0.6) is 11.5 Å². The number of likely N-dealkylation sites (tertiary alicyclic amines) is 1. The molecular weight excluding hydrogens is 274 g/mol. The molecule has 1 aliphatic heterocycles. The van der Waals surface area contributed by atoms with Gasteiger partial charge in [0.25, 0.3) is 0 Å². The van der Waals surface area contributed by atoms with Gasteiger partial charge in [0.05, 0.1) is 18.6 Å². The van der Waals surface area contributed by atoms with Crippen molar-refractivity contribution in [2.24, 2.45) is 5.92 Å². The van der Waals surface area contributed by atoms with Crippen LogP contribution in [-0.4, -0.2) is 47.6 Å². The second kappa shape index (κ2) is 6.58. The molecule has 0 aliphatic carbocycles. The summed E-state index contributed by atoms with van der Waals surface area (Å²) in [7, 11) is 1.44.